The number of hydrogen-bond donors (Lipinski definition) is 1. The standard InChI is InChI=1S/C20H20F2N2O3/c21-14-6-7-17(18(22)12-14)20(26)24-10-8-15(9-11-24)23-19(25)13-27-16-4-2-1-3-5-16/h1-7,12,15H,8-11,13H2,(H,23,25). The molecule has 1 fully saturated rings. The summed E-state index contributed by atoms with van der Waals surface area (Å²) < 4.78 is 32.2. The number of rotatable bonds is 5. The number of para-hydroxylation sites is 1. The predicted octanol–water partition coefficient (Wildman–Crippen LogP) is 2.76. The minimum atomic E-state index is -0.867. The van der Waals surface area contributed by atoms with Crippen molar-refractivity contribution in [1.29, 1.82) is 0 Å². The van der Waals surface area contributed by atoms with Gasteiger partial charge >= 0.3 is 0 Å². The highest BCUT2D eigenvalue weighted by atomic mass is 19.1. The number of likely N-dealkylation sites (tertiary alicyclic amines) is 1. The van der Waals surface area contributed by atoms with Crippen LogP contribution in [-0.2, 0) is 4.79 Å². The Bertz CT molecular complexity index is 806. The summed E-state index contributed by atoms with van der Waals surface area (Å²) in [6.45, 7) is 0.699. The van der Waals surface area contributed by atoms with E-state index < -0.39 is 17.5 Å². The maximum Gasteiger partial charge on any atom is 0.258 e. The van der Waals surface area contributed by atoms with E-state index in [1.807, 2.05) is 18.2 Å². The molecule has 27 heavy (non-hydrogen) atoms. The van der Waals surface area contributed by atoms with E-state index in [4.69, 9.17) is 4.74 Å². The number of carbonyl (C=O) groups excluding carboxylic acids is 2. The third-order valence-corrected chi connectivity index (χ3v) is 4.42. The molecule has 0 atom stereocenters. The molecular weight excluding hydrogens is 354 g/mol. The van der Waals surface area contributed by atoms with Crippen molar-refractivity contribution < 1.29 is 23.1 Å². The molecule has 2 aromatic carbocycles. The first-order valence-corrected chi connectivity index (χ1v) is 8.74. The van der Waals surface area contributed by atoms with Gasteiger partial charge in [-0.25, -0.2) is 8.78 Å². The Morgan fingerprint density at radius 3 is 2.44 bits per heavy atom. The van der Waals surface area contributed by atoms with Crippen LogP contribution in [0, 0.1) is 11.6 Å². The van der Waals surface area contributed by atoms with Crippen molar-refractivity contribution in [2.24, 2.45) is 0 Å². The summed E-state index contributed by atoms with van der Waals surface area (Å²) in [7, 11) is 0. The molecule has 0 spiro atoms. The molecule has 142 valence electrons. The van der Waals surface area contributed by atoms with Crippen molar-refractivity contribution in [3.8, 4) is 5.75 Å². The van der Waals surface area contributed by atoms with E-state index in [2.05, 4.69) is 5.32 Å². The highest BCUT2D eigenvalue weighted by Gasteiger charge is 2.26. The van der Waals surface area contributed by atoms with Gasteiger partial charge in [0, 0.05) is 25.2 Å². The molecule has 0 aromatic heterocycles. The summed E-state index contributed by atoms with van der Waals surface area (Å²) in [6, 6.07) is 11.9. The van der Waals surface area contributed by atoms with Gasteiger partial charge in [-0.1, -0.05) is 18.2 Å². The molecule has 3 rings (SSSR count). The van der Waals surface area contributed by atoms with Crippen molar-refractivity contribution >= 4 is 11.8 Å². The number of hydrogen-bond acceptors (Lipinski definition) is 3. The summed E-state index contributed by atoms with van der Waals surface area (Å²) in [5, 5.41) is 2.88. The number of nitrogens with zero attached hydrogens (tertiary/aromatic N) is 1. The first-order chi connectivity index (χ1) is 13.0. The summed E-state index contributed by atoms with van der Waals surface area (Å²) in [5.74, 6) is -1.66. The zero-order valence-corrected chi connectivity index (χ0v) is 14.7. The van der Waals surface area contributed by atoms with Crippen LogP contribution in [0.5, 0.6) is 5.75 Å². The van der Waals surface area contributed by atoms with Crippen molar-refractivity contribution in [3.63, 3.8) is 0 Å². The van der Waals surface area contributed by atoms with Crippen LogP contribution in [0.1, 0.15) is 23.2 Å². The Balaban J connectivity index is 1.45. The minimum Gasteiger partial charge on any atom is -0.484 e. The number of ether oxygens (including phenoxy) is 1. The Hall–Kier alpha value is -2.96. The van der Waals surface area contributed by atoms with Crippen LogP contribution in [0.25, 0.3) is 0 Å². The lowest BCUT2D eigenvalue weighted by Crippen LogP contribution is -2.47. The molecule has 5 nitrogen and oxygen atoms in total. The fourth-order valence-corrected chi connectivity index (χ4v) is 3.00. The molecule has 1 N–H and O–H groups in total. The maximum absolute atomic E-state index is 13.8. The number of nitrogens with one attached hydrogen (secondary N) is 1. The Morgan fingerprint density at radius 2 is 1.78 bits per heavy atom. The number of benzene rings is 2. The second kappa shape index (κ2) is 8.62. The lowest BCUT2D eigenvalue weighted by atomic mass is 10.0. The van der Waals surface area contributed by atoms with E-state index >= 15 is 0 Å². The van der Waals surface area contributed by atoms with E-state index in [0.29, 0.717) is 37.7 Å². The fourth-order valence-electron chi connectivity index (χ4n) is 3.00. The number of carbonyl (C=O) groups is 2. The number of piperidine rings is 1. The predicted molar refractivity (Wildman–Crippen MR) is 95.4 cm³/mol. The highest BCUT2D eigenvalue weighted by molar-refractivity contribution is 5.94. The molecule has 0 aliphatic carbocycles. The quantitative estimate of drug-likeness (QED) is 0.876. The van der Waals surface area contributed by atoms with Gasteiger partial charge in [0.05, 0.1) is 5.56 Å². The second-order valence-corrected chi connectivity index (χ2v) is 6.36. The van der Waals surface area contributed by atoms with E-state index in [0.717, 1.165) is 12.1 Å². The molecule has 1 aliphatic rings. The molecular formula is C20H20F2N2O3. The van der Waals surface area contributed by atoms with Gasteiger partial charge in [0.25, 0.3) is 11.8 Å². The first kappa shape index (κ1) is 18.8. The highest BCUT2D eigenvalue weighted by Crippen LogP contribution is 2.17. The summed E-state index contributed by atoms with van der Waals surface area (Å²) in [4.78, 5) is 25.9. The zero-order valence-electron chi connectivity index (χ0n) is 14.7. The third-order valence-electron chi connectivity index (χ3n) is 4.42. The summed E-state index contributed by atoms with van der Waals surface area (Å²) >= 11 is 0. The third kappa shape index (κ3) is 5.03. The van der Waals surface area contributed by atoms with Gasteiger partial charge in [-0.05, 0) is 37.1 Å². The van der Waals surface area contributed by atoms with Gasteiger partial charge in [0.1, 0.15) is 17.4 Å². The topological polar surface area (TPSA) is 58.6 Å². The summed E-state index contributed by atoms with van der Waals surface area (Å²) in [5.41, 5.74) is -0.143. The molecule has 7 heteroatoms. The number of amides is 2. The zero-order chi connectivity index (χ0) is 19.2. The normalized spacial score (nSPS) is 14.7. The Kier molecular flexibility index (Phi) is 6.01. The van der Waals surface area contributed by atoms with Gasteiger partial charge in [0.2, 0.25) is 0 Å². The second-order valence-electron chi connectivity index (χ2n) is 6.36. The average Bonchev–Trinajstić information content (AvgIpc) is 2.67. The van der Waals surface area contributed by atoms with Crippen LogP contribution in [0.4, 0.5) is 8.78 Å². The maximum atomic E-state index is 13.8. The van der Waals surface area contributed by atoms with Crippen molar-refractivity contribution in [2.75, 3.05) is 19.7 Å². The molecule has 0 radical (unpaired) electrons. The molecule has 1 aliphatic heterocycles. The molecule has 1 heterocycles. The van der Waals surface area contributed by atoms with Gasteiger partial charge in [-0.2, -0.15) is 0 Å². The Morgan fingerprint density at radius 1 is 1.07 bits per heavy atom. The van der Waals surface area contributed by atoms with E-state index in [1.165, 1.54) is 4.90 Å². The SMILES string of the molecule is O=C(COc1ccccc1)NC1CCN(C(=O)c2ccc(F)cc2F)CC1. The van der Waals surface area contributed by atoms with Crippen LogP contribution >= 0.6 is 0 Å². The van der Waals surface area contributed by atoms with Gasteiger partial charge in [-0.3, -0.25) is 9.59 Å². The molecule has 1 saturated heterocycles. The smallest absolute Gasteiger partial charge is 0.258 e. The Labute approximate surface area is 155 Å². The van der Waals surface area contributed by atoms with Gasteiger partial charge < -0.3 is 15.0 Å². The minimum absolute atomic E-state index is 0.0704. The monoisotopic (exact) mass is 374 g/mol. The molecule has 0 saturated carbocycles. The largest absolute Gasteiger partial charge is 0.484 e. The molecule has 0 unspecified atom stereocenters. The molecule has 0 bridgehead atoms. The van der Waals surface area contributed by atoms with E-state index in [1.54, 1.807) is 12.1 Å². The van der Waals surface area contributed by atoms with Crippen molar-refractivity contribution in [2.45, 2.75) is 18.9 Å². The van der Waals surface area contributed by atoms with Gasteiger partial charge in [-0.15, -0.1) is 0 Å². The van der Waals surface area contributed by atoms with Crippen LogP contribution in [0.2, 0.25) is 0 Å². The van der Waals surface area contributed by atoms with Crippen LogP contribution in [-0.4, -0.2) is 42.5 Å². The fraction of sp³-hybridized carbons (Fsp3) is 0.300. The summed E-state index contributed by atoms with van der Waals surface area (Å²) in [6.07, 6.45) is 1.12. The van der Waals surface area contributed by atoms with Crippen LogP contribution in [0.15, 0.2) is 48.5 Å². The van der Waals surface area contributed by atoms with Crippen molar-refractivity contribution in [1.82, 2.24) is 10.2 Å². The van der Waals surface area contributed by atoms with Gasteiger partial charge in [0.15, 0.2) is 6.61 Å². The molecule has 2 aromatic rings. The molecule has 2 amide bonds. The van der Waals surface area contributed by atoms with Crippen LogP contribution in [0.3, 0.4) is 0 Å². The van der Waals surface area contributed by atoms with Crippen LogP contribution < -0.4 is 10.1 Å². The lowest BCUT2D eigenvalue weighted by molar-refractivity contribution is -0.124. The van der Waals surface area contributed by atoms with E-state index in [-0.39, 0.29) is 24.1 Å². The lowest BCUT2D eigenvalue weighted by Gasteiger charge is -2.32. The van der Waals surface area contributed by atoms with Crippen molar-refractivity contribution in [3.05, 3.63) is 65.7 Å². The number of halogens is 2. The van der Waals surface area contributed by atoms with E-state index in [9.17, 15) is 18.4 Å². The first-order valence-electron chi connectivity index (χ1n) is 8.74. The average molecular weight is 374 g/mol.